The first-order chi connectivity index (χ1) is 14.1. The van der Waals surface area contributed by atoms with Crippen molar-refractivity contribution in [2.45, 2.75) is 18.9 Å². The maximum atomic E-state index is 12.7. The molecule has 2 aromatic carbocycles. The number of carbonyl (C=O) groups excluding carboxylic acids is 1. The van der Waals surface area contributed by atoms with Gasteiger partial charge in [0.2, 0.25) is 0 Å². The van der Waals surface area contributed by atoms with Crippen molar-refractivity contribution in [1.82, 2.24) is 9.78 Å². The highest BCUT2D eigenvalue weighted by Gasteiger charge is 2.19. The lowest BCUT2D eigenvalue weighted by Crippen LogP contribution is -2.36. The minimum Gasteiger partial charge on any atom is -0.381 e. The van der Waals surface area contributed by atoms with Crippen LogP contribution in [0.5, 0.6) is 0 Å². The Bertz CT molecular complexity index is 958. The summed E-state index contributed by atoms with van der Waals surface area (Å²) in [5, 5.41) is 7.44. The number of amides is 1. The van der Waals surface area contributed by atoms with Gasteiger partial charge in [0.15, 0.2) is 0 Å². The Labute approximate surface area is 171 Å². The Morgan fingerprint density at radius 1 is 1.07 bits per heavy atom. The number of aromatic nitrogens is 2. The average molecular weight is 390 g/mol. The molecule has 0 atom stereocenters. The summed E-state index contributed by atoms with van der Waals surface area (Å²) in [6.07, 6.45) is 2.45. The summed E-state index contributed by atoms with van der Waals surface area (Å²) < 4.78 is 7.06. The largest absolute Gasteiger partial charge is 0.381 e. The molecule has 6 heteroatoms. The van der Waals surface area contributed by atoms with Gasteiger partial charge in [0, 0.05) is 44.2 Å². The number of hydrogen-bond donors (Lipinski definition) is 1. The summed E-state index contributed by atoms with van der Waals surface area (Å²) in [4.78, 5) is 15.1. The quantitative estimate of drug-likeness (QED) is 0.717. The van der Waals surface area contributed by atoms with Gasteiger partial charge in [0.1, 0.15) is 5.69 Å². The number of carbonyl (C=O) groups is 1. The molecular formula is C23H26N4O2. The summed E-state index contributed by atoms with van der Waals surface area (Å²) >= 11 is 0. The van der Waals surface area contributed by atoms with Crippen LogP contribution >= 0.6 is 0 Å². The molecule has 0 spiro atoms. The molecule has 0 radical (unpaired) electrons. The molecule has 4 rings (SSSR count). The normalized spacial score (nSPS) is 14.8. The average Bonchev–Trinajstić information content (AvgIpc) is 3.17. The topological polar surface area (TPSA) is 59.4 Å². The first kappa shape index (κ1) is 19.2. The zero-order valence-corrected chi connectivity index (χ0v) is 16.8. The maximum Gasteiger partial charge on any atom is 0.273 e. The predicted molar refractivity (Wildman–Crippen MR) is 115 cm³/mol. The Morgan fingerprint density at radius 2 is 1.76 bits per heavy atom. The smallest absolute Gasteiger partial charge is 0.273 e. The first-order valence-electron chi connectivity index (χ1n) is 9.92. The zero-order chi connectivity index (χ0) is 20.2. The molecule has 1 N–H and O–H groups in total. The number of hydrogen-bond acceptors (Lipinski definition) is 4. The monoisotopic (exact) mass is 390 g/mol. The lowest BCUT2D eigenvalue weighted by Gasteiger charge is -2.33. The highest BCUT2D eigenvalue weighted by molar-refractivity contribution is 6.03. The fraction of sp³-hybridized carbons (Fsp3) is 0.304. The number of aryl methyl sites for hydroxylation is 1. The number of benzene rings is 2. The molecule has 150 valence electrons. The molecule has 1 aliphatic rings. The molecule has 1 saturated heterocycles. The number of nitrogens with one attached hydrogen (secondary N) is 1. The van der Waals surface area contributed by atoms with Crippen LogP contribution in [0.25, 0.3) is 11.3 Å². The third kappa shape index (κ3) is 4.32. The van der Waals surface area contributed by atoms with E-state index in [1.807, 2.05) is 48.5 Å². The molecule has 2 heterocycles. The number of rotatable bonds is 5. The summed E-state index contributed by atoms with van der Waals surface area (Å²) in [5.41, 5.74) is 4.24. The molecule has 0 unspecified atom stereocenters. The van der Waals surface area contributed by atoms with Gasteiger partial charge >= 0.3 is 0 Å². The highest BCUT2D eigenvalue weighted by atomic mass is 16.5. The van der Waals surface area contributed by atoms with Gasteiger partial charge in [0.05, 0.1) is 11.8 Å². The van der Waals surface area contributed by atoms with Gasteiger partial charge in [-0.25, -0.2) is 0 Å². The summed E-state index contributed by atoms with van der Waals surface area (Å²) in [5.74, 6) is -0.171. The van der Waals surface area contributed by atoms with E-state index in [2.05, 4.69) is 27.4 Å². The molecule has 3 aromatic rings. The summed E-state index contributed by atoms with van der Waals surface area (Å²) in [6.45, 7) is 1.98. The molecule has 29 heavy (non-hydrogen) atoms. The number of methoxy groups -OCH3 is 1. The van der Waals surface area contributed by atoms with Gasteiger partial charge in [-0.05, 0) is 43.2 Å². The van der Waals surface area contributed by atoms with E-state index in [1.54, 1.807) is 18.8 Å². The third-order valence-corrected chi connectivity index (χ3v) is 5.45. The molecule has 1 aliphatic heterocycles. The van der Waals surface area contributed by atoms with Crippen LogP contribution < -0.4 is 10.2 Å². The maximum absolute atomic E-state index is 12.7. The van der Waals surface area contributed by atoms with Crippen molar-refractivity contribution >= 4 is 17.3 Å². The number of ether oxygens (including phenoxy) is 1. The van der Waals surface area contributed by atoms with Crippen LogP contribution in [0.1, 0.15) is 23.3 Å². The van der Waals surface area contributed by atoms with E-state index in [-0.39, 0.29) is 5.91 Å². The number of piperidine rings is 1. The fourth-order valence-electron chi connectivity index (χ4n) is 3.73. The van der Waals surface area contributed by atoms with Gasteiger partial charge in [-0.15, -0.1) is 0 Å². The Morgan fingerprint density at radius 3 is 2.41 bits per heavy atom. The van der Waals surface area contributed by atoms with E-state index < -0.39 is 0 Å². The lowest BCUT2D eigenvalue weighted by atomic mass is 10.1. The minimum absolute atomic E-state index is 0.171. The molecule has 6 nitrogen and oxygen atoms in total. The van der Waals surface area contributed by atoms with Gasteiger partial charge in [-0.2, -0.15) is 5.10 Å². The number of nitrogens with zero attached hydrogens (tertiary/aromatic N) is 3. The van der Waals surface area contributed by atoms with Crippen molar-refractivity contribution in [3.8, 4) is 11.3 Å². The van der Waals surface area contributed by atoms with Crippen LogP contribution in [0.4, 0.5) is 11.4 Å². The minimum atomic E-state index is -0.171. The highest BCUT2D eigenvalue weighted by Crippen LogP contribution is 2.24. The second kappa shape index (κ2) is 8.49. The molecule has 1 amide bonds. The van der Waals surface area contributed by atoms with Crippen molar-refractivity contribution in [2.24, 2.45) is 7.05 Å². The molecule has 0 bridgehead atoms. The van der Waals surface area contributed by atoms with Crippen LogP contribution in [0, 0.1) is 0 Å². The van der Waals surface area contributed by atoms with E-state index >= 15 is 0 Å². The third-order valence-electron chi connectivity index (χ3n) is 5.45. The fourth-order valence-corrected chi connectivity index (χ4v) is 3.73. The Balaban J connectivity index is 1.42. The molecule has 0 saturated carbocycles. The standard InChI is InChI=1S/C23H26N4O2/c1-26-22(16-21(25-26)17-6-4-3-5-7-17)23(28)24-18-8-10-19(11-9-18)27-14-12-20(29-2)13-15-27/h3-11,16,20H,12-15H2,1-2H3,(H,24,28). The van der Waals surface area contributed by atoms with Crippen molar-refractivity contribution in [2.75, 3.05) is 30.4 Å². The molecule has 0 aliphatic carbocycles. The second-order valence-corrected chi connectivity index (χ2v) is 7.33. The van der Waals surface area contributed by atoms with E-state index in [1.165, 1.54) is 5.69 Å². The SMILES string of the molecule is COC1CCN(c2ccc(NC(=O)c3cc(-c4ccccc4)nn3C)cc2)CC1. The van der Waals surface area contributed by atoms with Crippen molar-refractivity contribution < 1.29 is 9.53 Å². The van der Waals surface area contributed by atoms with Crippen LogP contribution in [0.3, 0.4) is 0 Å². The van der Waals surface area contributed by atoms with Gasteiger partial charge < -0.3 is 15.0 Å². The van der Waals surface area contributed by atoms with E-state index in [9.17, 15) is 4.79 Å². The van der Waals surface area contributed by atoms with E-state index in [4.69, 9.17) is 4.74 Å². The van der Waals surface area contributed by atoms with Crippen molar-refractivity contribution in [1.29, 1.82) is 0 Å². The first-order valence-corrected chi connectivity index (χ1v) is 9.92. The number of anilines is 2. The lowest BCUT2D eigenvalue weighted by molar-refractivity contribution is 0.0819. The van der Waals surface area contributed by atoms with Gasteiger partial charge in [0.25, 0.3) is 5.91 Å². The van der Waals surface area contributed by atoms with Crippen molar-refractivity contribution in [3.63, 3.8) is 0 Å². The summed E-state index contributed by atoms with van der Waals surface area (Å²) in [6, 6.07) is 19.7. The predicted octanol–water partition coefficient (Wildman–Crippen LogP) is 3.95. The zero-order valence-electron chi connectivity index (χ0n) is 16.8. The van der Waals surface area contributed by atoms with Gasteiger partial charge in [-0.3, -0.25) is 9.48 Å². The second-order valence-electron chi connectivity index (χ2n) is 7.33. The van der Waals surface area contributed by atoms with E-state index in [0.717, 1.165) is 42.9 Å². The van der Waals surface area contributed by atoms with Crippen LogP contribution in [-0.2, 0) is 11.8 Å². The molecule has 1 aromatic heterocycles. The summed E-state index contributed by atoms with van der Waals surface area (Å²) in [7, 11) is 3.57. The van der Waals surface area contributed by atoms with Gasteiger partial charge in [-0.1, -0.05) is 30.3 Å². The Hall–Kier alpha value is -3.12. The van der Waals surface area contributed by atoms with Crippen LogP contribution in [0.2, 0.25) is 0 Å². The Kier molecular flexibility index (Phi) is 5.62. The van der Waals surface area contributed by atoms with Crippen LogP contribution in [0.15, 0.2) is 60.7 Å². The molecule has 1 fully saturated rings. The van der Waals surface area contributed by atoms with E-state index in [0.29, 0.717) is 11.8 Å². The van der Waals surface area contributed by atoms with Crippen molar-refractivity contribution in [3.05, 3.63) is 66.4 Å². The van der Waals surface area contributed by atoms with Crippen LogP contribution in [-0.4, -0.2) is 42.0 Å². The molecular weight excluding hydrogens is 364 g/mol.